The molecule has 17 heavy (non-hydrogen) atoms. The third-order valence-corrected chi connectivity index (χ3v) is 5.41. The van der Waals surface area contributed by atoms with Gasteiger partial charge in [-0.2, -0.15) is 0 Å². The zero-order valence-corrected chi connectivity index (χ0v) is 12.0. The van der Waals surface area contributed by atoms with Gasteiger partial charge in [0, 0.05) is 5.54 Å². The second kappa shape index (κ2) is 3.71. The highest BCUT2D eigenvalue weighted by Gasteiger charge is 2.55. The van der Waals surface area contributed by atoms with Gasteiger partial charge in [0.25, 0.3) is 0 Å². The van der Waals surface area contributed by atoms with Gasteiger partial charge in [-0.05, 0) is 55.8 Å². The lowest BCUT2D eigenvalue weighted by molar-refractivity contribution is -0.0647. The average Bonchev–Trinajstić information content (AvgIpc) is 2.48. The predicted molar refractivity (Wildman–Crippen MR) is 71.7 cm³/mol. The summed E-state index contributed by atoms with van der Waals surface area (Å²) in [4.78, 5) is 0. The molecule has 2 nitrogen and oxygen atoms in total. The molecule has 0 aromatic carbocycles. The second-order valence-electron chi connectivity index (χ2n) is 8.19. The van der Waals surface area contributed by atoms with Crippen LogP contribution in [-0.2, 0) is 0 Å². The summed E-state index contributed by atoms with van der Waals surface area (Å²) in [7, 11) is 0. The zero-order valence-electron chi connectivity index (χ0n) is 12.0. The quantitative estimate of drug-likeness (QED) is 0.738. The van der Waals surface area contributed by atoms with Crippen LogP contribution in [0.5, 0.6) is 0 Å². The molecule has 2 aliphatic carbocycles. The van der Waals surface area contributed by atoms with Crippen LogP contribution < -0.4 is 5.73 Å². The molecule has 0 aliphatic heterocycles. The molecule has 2 saturated carbocycles. The third-order valence-electron chi connectivity index (χ3n) is 5.41. The zero-order chi connectivity index (χ0) is 12.9. The lowest BCUT2D eigenvalue weighted by Gasteiger charge is -2.49. The van der Waals surface area contributed by atoms with Gasteiger partial charge in [0.15, 0.2) is 0 Å². The number of hydrogen-bond donors (Lipinski definition) is 2. The van der Waals surface area contributed by atoms with Gasteiger partial charge in [-0.3, -0.25) is 0 Å². The van der Waals surface area contributed by atoms with Gasteiger partial charge in [0.05, 0.1) is 5.60 Å². The SMILES string of the molecule is CC1(C)CCC(N)(C2(O)CCC(C)(C)C2)CC1. The fourth-order valence-corrected chi connectivity index (χ4v) is 3.78. The van der Waals surface area contributed by atoms with Crippen LogP contribution >= 0.6 is 0 Å². The standard InChI is InChI=1S/C15H29NO/c1-12(2)5-8-14(16,9-6-12)15(17)10-7-13(3,4)11-15/h17H,5-11,16H2,1-4H3. The van der Waals surface area contributed by atoms with Crippen molar-refractivity contribution in [3.63, 3.8) is 0 Å². The molecule has 2 fully saturated rings. The van der Waals surface area contributed by atoms with E-state index in [-0.39, 0.29) is 11.0 Å². The number of aliphatic hydroxyl groups is 1. The van der Waals surface area contributed by atoms with Crippen LogP contribution in [0, 0.1) is 10.8 Å². The van der Waals surface area contributed by atoms with Gasteiger partial charge in [0.1, 0.15) is 0 Å². The molecule has 2 aliphatic rings. The Morgan fingerprint density at radius 1 is 0.765 bits per heavy atom. The van der Waals surface area contributed by atoms with Crippen LogP contribution in [0.25, 0.3) is 0 Å². The van der Waals surface area contributed by atoms with Crippen LogP contribution in [-0.4, -0.2) is 16.2 Å². The first-order chi connectivity index (χ1) is 7.58. The fourth-order valence-electron chi connectivity index (χ4n) is 3.78. The summed E-state index contributed by atoms with van der Waals surface area (Å²) < 4.78 is 0. The topological polar surface area (TPSA) is 46.2 Å². The molecule has 0 aromatic rings. The van der Waals surface area contributed by atoms with Crippen LogP contribution in [0.3, 0.4) is 0 Å². The lowest BCUT2D eigenvalue weighted by atomic mass is 9.62. The van der Waals surface area contributed by atoms with E-state index < -0.39 is 5.60 Å². The summed E-state index contributed by atoms with van der Waals surface area (Å²) in [6.45, 7) is 9.13. The predicted octanol–water partition coefficient (Wildman–Crippen LogP) is 3.23. The minimum absolute atomic E-state index is 0.258. The molecule has 1 unspecified atom stereocenters. The van der Waals surface area contributed by atoms with E-state index in [0.717, 1.165) is 44.9 Å². The highest BCUT2D eigenvalue weighted by Crippen LogP contribution is 2.53. The van der Waals surface area contributed by atoms with Crippen molar-refractivity contribution in [3.05, 3.63) is 0 Å². The summed E-state index contributed by atoms with van der Waals surface area (Å²) in [5.74, 6) is 0. The number of hydrogen-bond acceptors (Lipinski definition) is 2. The molecule has 0 amide bonds. The Labute approximate surface area is 106 Å². The van der Waals surface area contributed by atoms with Crippen LogP contribution in [0.15, 0.2) is 0 Å². The van der Waals surface area contributed by atoms with Gasteiger partial charge >= 0.3 is 0 Å². The molecule has 2 heteroatoms. The van der Waals surface area contributed by atoms with Crippen molar-refractivity contribution >= 4 is 0 Å². The highest BCUT2D eigenvalue weighted by atomic mass is 16.3. The van der Waals surface area contributed by atoms with Gasteiger partial charge in [-0.1, -0.05) is 27.7 Å². The first-order valence-corrected chi connectivity index (χ1v) is 7.09. The van der Waals surface area contributed by atoms with Crippen LogP contribution in [0.2, 0.25) is 0 Å². The maximum Gasteiger partial charge on any atom is 0.0831 e. The van der Waals surface area contributed by atoms with E-state index in [1.807, 2.05) is 0 Å². The average molecular weight is 239 g/mol. The molecule has 0 heterocycles. The monoisotopic (exact) mass is 239 g/mol. The Balaban J connectivity index is 2.12. The van der Waals surface area contributed by atoms with Crippen molar-refractivity contribution < 1.29 is 5.11 Å². The summed E-state index contributed by atoms with van der Waals surface area (Å²) in [6.07, 6.45) is 7.11. The molecule has 0 saturated heterocycles. The molecule has 1 atom stereocenters. The van der Waals surface area contributed by atoms with E-state index >= 15 is 0 Å². The Kier molecular flexibility index (Phi) is 2.91. The van der Waals surface area contributed by atoms with E-state index in [1.54, 1.807) is 0 Å². The minimum atomic E-state index is -0.618. The minimum Gasteiger partial charge on any atom is -0.388 e. The Hall–Kier alpha value is -0.0800. The maximum atomic E-state index is 11.0. The van der Waals surface area contributed by atoms with Crippen molar-refractivity contribution in [3.8, 4) is 0 Å². The highest BCUT2D eigenvalue weighted by molar-refractivity contribution is 5.11. The van der Waals surface area contributed by atoms with Crippen LogP contribution in [0.1, 0.15) is 72.6 Å². The smallest absolute Gasteiger partial charge is 0.0831 e. The number of rotatable bonds is 1. The van der Waals surface area contributed by atoms with Crippen molar-refractivity contribution in [1.29, 1.82) is 0 Å². The molecule has 3 N–H and O–H groups in total. The Morgan fingerprint density at radius 3 is 1.65 bits per heavy atom. The van der Waals surface area contributed by atoms with Gasteiger partial charge in [-0.25, -0.2) is 0 Å². The van der Waals surface area contributed by atoms with E-state index in [9.17, 15) is 5.11 Å². The molecule has 2 rings (SSSR count). The fraction of sp³-hybridized carbons (Fsp3) is 1.00. The third kappa shape index (κ3) is 2.39. The van der Waals surface area contributed by atoms with Crippen molar-refractivity contribution in [2.45, 2.75) is 83.8 Å². The maximum absolute atomic E-state index is 11.0. The summed E-state index contributed by atoms with van der Waals surface area (Å²) in [5.41, 5.74) is 6.30. The van der Waals surface area contributed by atoms with E-state index in [1.165, 1.54) is 0 Å². The molecular weight excluding hydrogens is 210 g/mol. The Morgan fingerprint density at radius 2 is 1.24 bits per heavy atom. The van der Waals surface area contributed by atoms with Gasteiger partial charge < -0.3 is 10.8 Å². The number of nitrogens with two attached hydrogens (primary N) is 1. The summed E-state index contributed by atoms with van der Waals surface area (Å²) in [6, 6.07) is 0. The molecule has 100 valence electrons. The second-order valence-corrected chi connectivity index (χ2v) is 8.19. The van der Waals surface area contributed by atoms with Gasteiger partial charge in [0.2, 0.25) is 0 Å². The molecule has 0 radical (unpaired) electrons. The Bertz CT molecular complexity index is 298. The first-order valence-electron chi connectivity index (χ1n) is 7.09. The molecule has 0 aromatic heterocycles. The van der Waals surface area contributed by atoms with Crippen molar-refractivity contribution in [2.24, 2.45) is 16.6 Å². The normalized spacial score (nSPS) is 39.2. The molecule has 0 spiro atoms. The van der Waals surface area contributed by atoms with E-state index in [2.05, 4.69) is 27.7 Å². The summed E-state index contributed by atoms with van der Waals surface area (Å²) in [5, 5.41) is 11.0. The van der Waals surface area contributed by atoms with E-state index in [4.69, 9.17) is 5.73 Å². The molecular formula is C15H29NO. The lowest BCUT2D eigenvalue weighted by Crippen LogP contribution is -2.61. The van der Waals surface area contributed by atoms with Crippen LogP contribution in [0.4, 0.5) is 0 Å². The first kappa shape index (κ1) is 13.4. The van der Waals surface area contributed by atoms with E-state index in [0.29, 0.717) is 5.41 Å². The summed E-state index contributed by atoms with van der Waals surface area (Å²) >= 11 is 0. The van der Waals surface area contributed by atoms with Crippen molar-refractivity contribution in [1.82, 2.24) is 0 Å². The largest absolute Gasteiger partial charge is 0.388 e. The molecule has 0 bridgehead atoms. The van der Waals surface area contributed by atoms with Gasteiger partial charge in [-0.15, -0.1) is 0 Å². The van der Waals surface area contributed by atoms with Crippen molar-refractivity contribution in [2.75, 3.05) is 0 Å².